The molecule has 1 fully saturated rings. The molecule has 3 rings (SSSR count). The molecule has 1 aliphatic rings. The van der Waals surface area contributed by atoms with Crippen molar-refractivity contribution < 1.29 is 14.4 Å². The summed E-state index contributed by atoms with van der Waals surface area (Å²) in [4.78, 5) is 38.1. The normalized spacial score (nSPS) is 16.8. The Bertz CT molecular complexity index is 731. The highest BCUT2D eigenvalue weighted by atomic mass is 16.2. The fraction of sp³-hybridized carbons (Fsp3) is 0.286. The van der Waals surface area contributed by atoms with Crippen molar-refractivity contribution in [2.75, 3.05) is 0 Å². The third kappa shape index (κ3) is 3.21. The van der Waals surface area contributed by atoms with Crippen molar-refractivity contribution in [1.29, 1.82) is 0 Å². The molecule has 24 heavy (non-hydrogen) atoms. The Morgan fingerprint density at radius 3 is 1.96 bits per heavy atom. The van der Waals surface area contributed by atoms with Crippen molar-refractivity contribution in [3.05, 3.63) is 71.8 Å². The molecule has 0 unspecified atom stereocenters. The molecule has 0 heterocycles. The SMILES string of the molecule is O=C(CC1(Cc2ccccc2)C(=O)CCCC1=O)c1ccccc1. The highest BCUT2D eigenvalue weighted by molar-refractivity contribution is 6.13. The Kier molecular flexibility index (Phi) is 4.70. The van der Waals surface area contributed by atoms with Crippen molar-refractivity contribution in [3.63, 3.8) is 0 Å². The van der Waals surface area contributed by atoms with Crippen LogP contribution >= 0.6 is 0 Å². The van der Waals surface area contributed by atoms with E-state index in [0.717, 1.165) is 5.56 Å². The molecule has 2 aromatic rings. The van der Waals surface area contributed by atoms with E-state index in [-0.39, 0.29) is 23.8 Å². The Morgan fingerprint density at radius 1 is 0.833 bits per heavy atom. The lowest BCUT2D eigenvalue weighted by Gasteiger charge is -2.34. The quantitative estimate of drug-likeness (QED) is 0.622. The van der Waals surface area contributed by atoms with Crippen molar-refractivity contribution in [3.8, 4) is 0 Å². The molecule has 0 atom stereocenters. The Morgan fingerprint density at radius 2 is 1.38 bits per heavy atom. The third-order valence-electron chi connectivity index (χ3n) is 4.78. The van der Waals surface area contributed by atoms with Gasteiger partial charge in [-0.2, -0.15) is 0 Å². The fourth-order valence-corrected chi connectivity index (χ4v) is 3.44. The summed E-state index contributed by atoms with van der Waals surface area (Å²) >= 11 is 0. The van der Waals surface area contributed by atoms with Gasteiger partial charge in [0, 0.05) is 24.8 Å². The summed E-state index contributed by atoms with van der Waals surface area (Å²) in [6.45, 7) is 0. The van der Waals surface area contributed by atoms with Crippen LogP contribution in [0.4, 0.5) is 0 Å². The first-order chi connectivity index (χ1) is 11.6. The van der Waals surface area contributed by atoms with Crippen LogP contribution in [0.2, 0.25) is 0 Å². The molecule has 0 aliphatic heterocycles. The molecule has 3 heteroatoms. The topological polar surface area (TPSA) is 51.2 Å². The molecule has 0 saturated heterocycles. The Hall–Kier alpha value is -2.55. The van der Waals surface area contributed by atoms with E-state index in [1.807, 2.05) is 36.4 Å². The molecular formula is C21H20O3. The van der Waals surface area contributed by atoms with E-state index in [1.165, 1.54) is 0 Å². The number of Topliss-reactive ketones (excluding diaryl/α,β-unsaturated/α-hetero) is 3. The van der Waals surface area contributed by atoms with E-state index in [4.69, 9.17) is 0 Å². The monoisotopic (exact) mass is 320 g/mol. The Balaban J connectivity index is 1.94. The maximum Gasteiger partial charge on any atom is 0.164 e. The van der Waals surface area contributed by atoms with Gasteiger partial charge in [0.05, 0.1) is 5.41 Å². The third-order valence-corrected chi connectivity index (χ3v) is 4.78. The van der Waals surface area contributed by atoms with E-state index >= 15 is 0 Å². The molecule has 0 amide bonds. The lowest BCUT2D eigenvalue weighted by Crippen LogP contribution is -2.45. The van der Waals surface area contributed by atoms with Gasteiger partial charge >= 0.3 is 0 Å². The van der Waals surface area contributed by atoms with E-state index in [0.29, 0.717) is 31.2 Å². The molecular weight excluding hydrogens is 300 g/mol. The molecule has 3 nitrogen and oxygen atoms in total. The average Bonchev–Trinajstić information content (AvgIpc) is 2.61. The van der Waals surface area contributed by atoms with Gasteiger partial charge in [-0.15, -0.1) is 0 Å². The summed E-state index contributed by atoms with van der Waals surface area (Å²) in [5.41, 5.74) is 0.269. The van der Waals surface area contributed by atoms with Gasteiger partial charge < -0.3 is 0 Å². The molecule has 2 aromatic carbocycles. The Labute approximate surface area is 141 Å². The van der Waals surface area contributed by atoms with Gasteiger partial charge in [-0.05, 0) is 18.4 Å². The van der Waals surface area contributed by atoms with Crippen molar-refractivity contribution in [1.82, 2.24) is 0 Å². The van der Waals surface area contributed by atoms with Crippen LogP contribution in [0.3, 0.4) is 0 Å². The summed E-state index contributed by atoms with van der Waals surface area (Å²) in [6.07, 6.45) is 1.61. The average molecular weight is 320 g/mol. The van der Waals surface area contributed by atoms with Crippen LogP contribution in [-0.4, -0.2) is 17.3 Å². The number of ketones is 3. The maximum absolute atomic E-state index is 12.7. The number of hydrogen-bond donors (Lipinski definition) is 0. The van der Waals surface area contributed by atoms with Crippen molar-refractivity contribution in [2.45, 2.75) is 32.1 Å². The zero-order valence-electron chi connectivity index (χ0n) is 13.5. The smallest absolute Gasteiger partial charge is 0.164 e. The van der Waals surface area contributed by atoms with Gasteiger partial charge in [0.25, 0.3) is 0 Å². The minimum atomic E-state index is -1.20. The summed E-state index contributed by atoms with van der Waals surface area (Å²) < 4.78 is 0. The van der Waals surface area contributed by atoms with Crippen LogP contribution in [0, 0.1) is 5.41 Å². The second-order valence-electron chi connectivity index (χ2n) is 6.41. The lowest BCUT2D eigenvalue weighted by molar-refractivity contribution is -0.143. The van der Waals surface area contributed by atoms with Gasteiger partial charge in [0.15, 0.2) is 5.78 Å². The molecule has 0 N–H and O–H groups in total. The van der Waals surface area contributed by atoms with E-state index in [2.05, 4.69) is 0 Å². The standard InChI is InChI=1S/C21H20O3/c22-18(17-10-5-2-6-11-17)15-21(14-16-8-3-1-4-9-16)19(23)12-7-13-20(21)24/h1-6,8-11H,7,12-15H2. The van der Waals surface area contributed by atoms with Crippen molar-refractivity contribution in [2.24, 2.45) is 5.41 Å². The van der Waals surface area contributed by atoms with Crippen LogP contribution in [-0.2, 0) is 16.0 Å². The first-order valence-electron chi connectivity index (χ1n) is 8.31. The van der Waals surface area contributed by atoms with Crippen LogP contribution in [0.15, 0.2) is 60.7 Å². The molecule has 0 radical (unpaired) electrons. The number of benzene rings is 2. The van der Waals surface area contributed by atoms with Crippen LogP contribution in [0.1, 0.15) is 41.6 Å². The zero-order valence-corrected chi connectivity index (χ0v) is 13.5. The highest BCUT2D eigenvalue weighted by Gasteiger charge is 2.48. The first-order valence-corrected chi connectivity index (χ1v) is 8.31. The van der Waals surface area contributed by atoms with Gasteiger partial charge in [-0.3, -0.25) is 14.4 Å². The second-order valence-corrected chi connectivity index (χ2v) is 6.41. The maximum atomic E-state index is 12.7. The van der Waals surface area contributed by atoms with Crippen molar-refractivity contribution >= 4 is 17.3 Å². The number of carbonyl (C=O) groups is 3. The predicted octanol–water partition coefficient (Wildman–Crippen LogP) is 3.81. The highest BCUT2D eigenvalue weighted by Crippen LogP contribution is 2.38. The van der Waals surface area contributed by atoms with E-state index < -0.39 is 5.41 Å². The zero-order chi connectivity index (χ0) is 17.0. The summed E-state index contributed by atoms with van der Waals surface area (Å²) in [7, 11) is 0. The molecule has 0 bridgehead atoms. The summed E-state index contributed by atoms with van der Waals surface area (Å²) in [5, 5.41) is 0. The minimum Gasteiger partial charge on any atom is -0.299 e. The minimum absolute atomic E-state index is 0.0381. The summed E-state index contributed by atoms with van der Waals surface area (Å²) in [5.74, 6) is -0.325. The molecule has 0 spiro atoms. The van der Waals surface area contributed by atoms with Gasteiger partial charge in [0.2, 0.25) is 0 Å². The molecule has 0 aromatic heterocycles. The van der Waals surface area contributed by atoms with Gasteiger partial charge in [-0.1, -0.05) is 60.7 Å². The number of hydrogen-bond acceptors (Lipinski definition) is 3. The second kappa shape index (κ2) is 6.91. The largest absolute Gasteiger partial charge is 0.299 e. The van der Waals surface area contributed by atoms with Crippen LogP contribution in [0.25, 0.3) is 0 Å². The molecule has 1 aliphatic carbocycles. The first kappa shape index (κ1) is 16.3. The van der Waals surface area contributed by atoms with Crippen LogP contribution in [0.5, 0.6) is 0 Å². The molecule has 122 valence electrons. The molecule has 1 saturated carbocycles. The predicted molar refractivity (Wildman–Crippen MR) is 91.8 cm³/mol. The van der Waals surface area contributed by atoms with E-state index in [9.17, 15) is 14.4 Å². The van der Waals surface area contributed by atoms with Gasteiger partial charge in [0.1, 0.15) is 11.6 Å². The summed E-state index contributed by atoms with van der Waals surface area (Å²) in [6, 6.07) is 18.4. The lowest BCUT2D eigenvalue weighted by atomic mass is 9.65. The van der Waals surface area contributed by atoms with Gasteiger partial charge in [-0.25, -0.2) is 0 Å². The van der Waals surface area contributed by atoms with Crippen LogP contribution < -0.4 is 0 Å². The number of carbonyl (C=O) groups excluding carboxylic acids is 3. The fourth-order valence-electron chi connectivity index (χ4n) is 3.44. The number of rotatable bonds is 5. The van der Waals surface area contributed by atoms with E-state index in [1.54, 1.807) is 24.3 Å².